The van der Waals surface area contributed by atoms with Crippen LogP contribution in [0.2, 0.25) is 0 Å². The number of carbonyl (C=O) groups is 1. The lowest BCUT2D eigenvalue weighted by Crippen LogP contribution is -2.28. The van der Waals surface area contributed by atoms with E-state index in [1.165, 1.54) is 17.7 Å². The van der Waals surface area contributed by atoms with Crippen molar-refractivity contribution in [3.63, 3.8) is 0 Å². The van der Waals surface area contributed by atoms with Crippen LogP contribution in [0.3, 0.4) is 0 Å². The Hall–Kier alpha value is -1.96. The molecule has 2 saturated heterocycles. The zero-order valence-corrected chi connectivity index (χ0v) is 22.9. The molecular weight excluding hydrogens is 592 g/mol. The number of hydrogen-bond donors (Lipinski definition) is 2. The molecule has 1 amide bonds. The van der Waals surface area contributed by atoms with Gasteiger partial charge in [0.25, 0.3) is 0 Å². The molecule has 2 aromatic heterocycles. The second kappa shape index (κ2) is 11.2. The van der Waals surface area contributed by atoms with Gasteiger partial charge in [-0.25, -0.2) is 27.5 Å². The molecule has 4 rings (SSSR count). The molecule has 34 heavy (non-hydrogen) atoms. The predicted octanol–water partition coefficient (Wildman–Crippen LogP) is 3.16. The van der Waals surface area contributed by atoms with Gasteiger partial charge >= 0.3 is 6.09 Å². The Kier molecular flexibility index (Phi) is 8.77. The molecule has 4 N–H and O–H groups in total. The maximum absolute atomic E-state index is 11.4. The number of rotatable bonds is 3. The number of amides is 1. The first kappa shape index (κ1) is 26.6. The molecule has 2 aliphatic rings. The highest BCUT2D eigenvalue weighted by atomic mass is 79.9. The van der Waals surface area contributed by atoms with Crippen molar-refractivity contribution in [2.75, 3.05) is 51.0 Å². The van der Waals surface area contributed by atoms with Crippen LogP contribution in [0.4, 0.5) is 16.4 Å². The van der Waals surface area contributed by atoms with E-state index in [1.807, 2.05) is 12.1 Å². The number of methoxy groups -OCH3 is 1. The highest BCUT2D eigenvalue weighted by Crippen LogP contribution is 2.31. The number of pyridine rings is 2. The van der Waals surface area contributed by atoms with E-state index in [-0.39, 0.29) is 12.0 Å². The van der Waals surface area contributed by atoms with Gasteiger partial charge < -0.3 is 21.1 Å². The summed E-state index contributed by atoms with van der Waals surface area (Å²) in [5, 5.41) is 0. The standard InChI is InChI=1S/C11H14BrN3O2.C10H14BrN3O2S/c1-17-11(16)15-3-2-7(6-15)8-4-9(12)10(13)14-5-8;1-17(15,16)14-3-2-7(6-14)8-4-9(11)10(12)13-5-8/h4-5,7H,2-3,6H2,1H3,(H2,13,14);4-5,7H,2-3,6H2,1H3,(H2,12,13). The zero-order chi connectivity index (χ0) is 25.0. The molecule has 0 spiro atoms. The minimum atomic E-state index is -3.09. The van der Waals surface area contributed by atoms with E-state index < -0.39 is 10.0 Å². The molecule has 2 aliphatic heterocycles. The second-order valence-corrected chi connectivity index (χ2v) is 12.0. The fraction of sp³-hybridized carbons (Fsp3) is 0.476. The van der Waals surface area contributed by atoms with Crippen LogP contribution in [0.25, 0.3) is 0 Å². The summed E-state index contributed by atoms with van der Waals surface area (Å²) in [4.78, 5) is 21.3. The van der Waals surface area contributed by atoms with E-state index in [0.29, 0.717) is 37.2 Å². The highest BCUT2D eigenvalue weighted by molar-refractivity contribution is 9.11. The molecule has 2 unspecified atom stereocenters. The van der Waals surface area contributed by atoms with E-state index in [2.05, 4.69) is 41.8 Å². The van der Waals surface area contributed by atoms with E-state index in [0.717, 1.165) is 39.5 Å². The van der Waals surface area contributed by atoms with Crippen molar-refractivity contribution in [2.45, 2.75) is 24.7 Å². The van der Waals surface area contributed by atoms with Gasteiger partial charge in [0.05, 0.1) is 22.3 Å². The summed E-state index contributed by atoms with van der Waals surface area (Å²) in [6, 6.07) is 3.88. The second-order valence-electron chi connectivity index (χ2n) is 8.28. The number of ether oxygens (including phenoxy) is 1. The number of nitrogen functional groups attached to an aromatic ring is 2. The first-order chi connectivity index (χ1) is 16.0. The molecule has 13 heteroatoms. The van der Waals surface area contributed by atoms with Crippen LogP contribution in [0.15, 0.2) is 33.5 Å². The molecule has 0 radical (unpaired) electrons. The van der Waals surface area contributed by atoms with E-state index >= 15 is 0 Å². The first-order valence-corrected chi connectivity index (χ1v) is 14.0. The van der Waals surface area contributed by atoms with Crippen LogP contribution >= 0.6 is 31.9 Å². The number of likely N-dealkylation sites (tertiary alicyclic amines) is 1. The summed E-state index contributed by atoms with van der Waals surface area (Å²) >= 11 is 6.69. The fourth-order valence-corrected chi connectivity index (χ4v) is 5.62. The summed E-state index contributed by atoms with van der Waals surface area (Å²) in [5.41, 5.74) is 13.4. The Labute approximate surface area is 216 Å². The molecule has 0 bridgehead atoms. The van der Waals surface area contributed by atoms with Crippen LogP contribution in [-0.4, -0.2) is 73.2 Å². The van der Waals surface area contributed by atoms with E-state index in [4.69, 9.17) is 16.2 Å². The van der Waals surface area contributed by atoms with Crippen LogP contribution in [0.5, 0.6) is 0 Å². The van der Waals surface area contributed by atoms with Gasteiger partial charge in [0.1, 0.15) is 11.6 Å². The third kappa shape index (κ3) is 6.58. The third-order valence-electron chi connectivity index (χ3n) is 5.97. The van der Waals surface area contributed by atoms with Crippen LogP contribution in [0.1, 0.15) is 35.8 Å². The third-order valence-corrected chi connectivity index (χ3v) is 8.51. The number of hydrogen-bond acceptors (Lipinski definition) is 8. The van der Waals surface area contributed by atoms with Crippen molar-refractivity contribution < 1.29 is 17.9 Å². The first-order valence-electron chi connectivity index (χ1n) is 10.6. The van der Waals surface area contributed by atoms with Crippen molar-refractivity contribution in [1.29, 1.82) is 0 Å². The summed E-state index contributed by atoms with van der Waals surface area (Å²) < 4.78 is 30.6. The van der Waals surface area contributed by atoms with Gasteiger partial charge in [-0.05, 0) is 68.0 Å². The Bertz CT molecular complexity index is 1150. The number of halogens is 2. The van der Waals surface area contributed by atoms with Crippen LogP contribution in [0, 0.1) is 0 Å². The Morgan fingerprint density at radius 2 is 1.50 bits per heavy atom. The lowest BCUT2D eigenvalue weighted by atomic mass is 10.0. The van der Waals surface area contributed by atoms with Gasteiger partial charge in [0.15, 0.2) is 0 Å². The Morgan fingerprint density at radius 1 is 1.00 bits per heavy atom. The average molecular weight is 620 g/mol. The SMILES string of the molecule is COC(=O)N1CCC(c2cnc(N)c(Br)c2)C1.CS(=O)(=O)N1CCC(c2cnc(N)c(Br)c2)C1. The van der Waals surface area contributed by atoms with Crippen LogP contribution in [-0.2, 0) is 14.8 Å². The number of aromatic nitrogens is 2. The predicted molar refractivity (Wildman–Crippen MR) is 138 cm³/mol. The van der Waals surface area contributed by atoms with Gasteiger partial charge in [-0.2, -0.15) is 0 Å². The highest BCUT2D eigenvalue weighted by Gasteiger charge is 2.30. The molecule has 0 aromatic carbocycles. The zero-order valence-electron chi connectivity index (χ0n) is 18.9. The monoisotopic (exact) mass is 618 g/mol. The van der Waals surface area contributed by atoms with E-state index in [9.17, 15) is 13.2 Å². The molecule has 2 atom stereocenters. The van der Waals surface area contributed by atoms with Crippen LogP contribution < -0.4 is 11.5 Å². The topological polar surface area (TPSA) is 145 Å². The molecule has 4 heterocycles. The average Bonchev–Trinajstić information content (AvgIpc) is 3.48. The molecule has 0 saturated carbocycles. The Morgan fingerprint density at radius 3 is 1.94 bits per heavy atom. The fourth-order valence-electron chi connectivity index (χ4n) is 4.00. The molecule has 2 aromatic rings. The molecule has 186 valence electrons. The minimum Gasteiger partial charge on any atom is -0.453 e. The minimum absolute atomic E-state index is 0.203. The maximum atomic E-state index is 11.4. The van der Waals surface area contributed by atoms with Gasteiger partial charge in [-0.1, -0.05) is 0 Å². The van der Waals surface area contributed by atoms with Gasteiger partial charge in [0.2, 0.25) is 10.0 Å². The quantitative estimate of drug-likeness (QED) is 0.533. The summed E-state index contributed by atoms with van der Waals surface area (Å²) in [7, 11) is -1.69. The van der Waals surface area contributed by atoms with Crippen molar-refractivity contribution in [1.82, 2.24) is 19.2 Å². The summed E-state index contributed by atoms with van der Waals surface area (Å²) in [6.45, 7) is 2.49. The number of nitrogens with two attached hydrogens (primary N) is 2. The Balaban J connectivity index is 0.000000191. The lowest BCUT2D eigenvalue weighted by molar-refractivity contribution is 0.132. The number of nitrogens with zero attached hydrogens (tertiary/aromatic N) is 4. The molecule has 0 aliphatic carbocycles. The number of carbonyl (C=O) groups excluding carboxylic acids is 1. The molecule has 2 fully saturated rings. The maximum Gasteiger partial charge on any atom is 0.409 e. The summed E-state index contributed by atoms with van der Waals surface area (Å²) in [5.74, 6) is 1.44. The number of sulfonamides is 1. The smallest absolute Gasteiger partial charge is 0.409 e. The van der Waals surface area contributed by atoms with Crippen molar-refractivity contribution in [2.24, 2.45) is 0 Å². The normalized spacial score (nSPS) is 20.6. The van der Waals surface area contributed by atoms with Crippen molar-refractivity contribution >= 4 is 59.6 Å². The molecular formula is C21H28Br2N6O4S. The summed E-state index contributed by atoms with van der Waals surface area (Å²) in [6.07, 6.45) is 6.21. The number of anilines is 2. The van der Waals surface area contributed by atoms with Gasteiger partial charge in [-0.15, -0.1) is 0 Å². The van der Waals surface area contributed by atoms with Crippen molar-refractivity contribution in [3.05, 3.63) is 44.6 Å². The lowest BCUT2D eigenvalue weighted by Gasteiger charge is -2.14. The largest absolute Gasteiger partial charge is 0.453 e. The molecule has 10 nitrogen and oxygen atoms in total. The van der Waals surface area contributed by atoms with E-state index in [1.54, 1.807) is 17.3 Å². The van der Waals surface area contributed by atoms with Crippen molar-refractivity contribution in [3.8, 4) is 0 Å². The van der Waals surface area contributed by atoms with Gasteiger partial charge in [0, 0.05) is 50.4 Å². The van der Waals surface area contributed by atoms with Gasteiger partial charge in [-0.3, -0.25) is 0 Å².